The number of methoxy groups -OCH3 is 1. The quantitative estimate of drug-likeness (QED) is 0.532. The van der Waals surface area contributed by atoms with Crippen molar-refractivity contribution in [3.05, 3.63) is 75.6 Å². The van der Waals surface area contributed by atoms with Crippen molar-refractivity contribution in [1.29, 1.82) is 0 Å². The number of hydrogen-bond donors (Lipinski definition) is 1. The number of carbonyl (C=O) groups is 1. The van der Waals surface area contributed by atoms with E-state index in [4.69, 9.17) is 4.74 Å². The van der Waals surface area contributed by atoms with Crippen LogP contribution in [0.1, 0.15) is 34.3 Å². The van der Waals surface area contributed by atoms with E-state index in [1.807, 2.05) is 25.1 Å². The maximum absolute atomic E-state index is 13.5. The van der Waals surface area contributed by atoms with Gasteiger partial charge in [0.05, 0.1) is 23.7 Å². The highest BCUT2D eigenvalue weighted by atomic mass is 32.2. The zero-order valence-corrected chi connectivity index (χ0v) is 19.4. The van der Waals surface area contributed by atoms with Crippen LogP contribution >= 0.6 is 0 Å². The van der Waals surface area contributed by atoms with Crippen LogP contribution in [0.3, 0.4) is 0 Å². The average Bonchev–Trinajstić information content (AvgIpc) is 3.32. The SMILES string of the molecule is COC(=O)c1ccc(S(=O)(=O)N(Cc2cc3ccc(C)cc3[nH]c2=O)CC2CCCO2)cc1. The summed E-state index contributed by atoms with van der Waals surface area (Å²) in [6, 6.07) is 13.0. The normalized spacial score (nSPS) is 16.4. The fourth-order valence-electron chi connectivity index (χ4n) is 3.96. The lowest BCUT2D eigenvalue weighted by atomic mass is 10.1. The number of carbonyl (C=O) groups excluding carboxylic acids is 1. The molecule has 0 saturated carbocycles. The van der Waals surface area contributed by atoms with E-state index in [0.29, 0.717) is 17.7 Å². The van der Waals surface area contributed by atoms with Gasteiger partial charge in [0.15, 0.2) is 0 Å². The van der Waals surface area contributed by atoms with Gasteiger partial charge in [-0.05, 0) is 67.1 Å². The number of rotatable bonds is 7. The first-order chi connectivity index (χ1) is 15.8. The molecular formula is C24H26N2O6S. The number of nitrogens with one attached hydrogen (secondary N) is 1. The molecule has 3 aromatic rings. The maximum Gasteiger partial charge on any atom is 0.337 e. The number of esters is 1. The van der Waals surface area contributed by atoms with Gasteiger partial charge in [-0.2, -0.15) is 4.31 Å². The van der Waals surface area contributed by atoms with Crippen molar-refractivity contribution in [3.8, 4) is 0 Å². The van der Waals surface area contributed by atoms with Gasteiger partial charge >= 0.3 is 5.97 Å². The monoisotopic (exact) mass is 470 g/mol. The summed E-state index contributed by atoms with van der Waals surface area (Å²) in [5.74, 6) is -0.548. The number of ether oxygens (including phenoxy) is 2. The van der Waals surface area contributed by atoms with E-state index in [0.717, 1.165) is 23.8 Å². The van der Waals surface area contributed by atoms with Crippen LogP contribution in [-0.4, -0.2) is 50.0 Å². The third-order valence-electron chi connectivity index (χ3n) is 5.77. The predicted octanol–water partition coefficient (Wildman–Crippen LogP) is 2.99. The Morgan fingerprint density at radius 2 is 1.94 bits per heavy atom. The van der Waals surface area contributed by atoms with Gasteiger partial charge in [0.1, 0.15) is 0 Å². The Morgan fingerprint density at radius 3 is 2.61 bits per heavy atom. The number of aromatic nitrogens is 1. The van der Waals surface area contributed by atoms with E-state index in [1.54, 1.807) is 6.07 Å². The molecule has 0 radical (unpaired) electrons. The summed E-state index contributed by atoms with van der Waals surface area (Å²) >= 11 is 0. The lowest BCUT2D eigenvalue weighted by Gasteiger charge is -2.25. The summed E-state index contributed by atoms with van der Waals surface area (Å²) in [6.45, 7) is 2.56. The minimum Gasteiger partial charge on any atom is -0.465 e. The number of fused-ring (bicyclic) bond motifs is 1. The Hall–Kier alpha value is -3.01. The van der Waals surface area contributed by atoms with Crippen LogP contribution in [0.4, 0.5) is 0 Å². The van der Waals surface area contributed by atoms with Crippen molar-refractivity contribution in [2.45, 2.75) is 37.3 Å². The second-order valence-corrected chi connectivity index (χ2v) is 10.1. The zero-order valence-electron chi connectivity index (χ0n) is 18.5. The highest BCUT2D eigenvalue weighted by Gasteiger charge is 2.30. The van der Waals surface area contributed by atoms with Gasteiger partial charge in [0, 0.05) is 30.8 Å². The molecule has 0 aliphatic carbocycles. The van der Waals surface area contributed by atoms with Gasteiger partial charge in [-0.25, -0.2) is 13.2 Å². The van der Waals surface area contributed by atoms with Crippen LogP contribution in [0.15, 0.2) is 58.2 Å². The molecule has 4 rings (SSSR count). The van der Waals surface area contributed by atoms with Gasteiger partial charge in [0.25, 0.3) is 5.56 Å². The molecule has 0 bridgehead atoms. The number of nitrogens with zero attached hydrogens (tertiary/aromatic N) is 1. The first-order valence-electron chi connectivity index (χ1n) is 10.7. The molecule has 1 unspecified atom stereocenters. The van der Waals surface area contributed by atoms with Gasteiger partial charge in [-0.3, -0.25) is 4.79 Å². The summed E-state index contributed by atoms with van der Waals surface area (Å²) in [4.78, 5) is 27.4. The molecule has 1 aliphatic heterocycles. The molecule has 1 aromatic heterocycles. The van der Waals surface area contributed by atoms with E-state index in [1.165, 1.54) is 35.7 Å². The number of H-pyrrole nitrogens is 1. The summed E-state index contributed by atoms with van der Waals surface area (Å²) in [5.41, 5.74) is 1.99. The molecular weight excluding hydrogens is 444 g/mol. The fourth-order valence-corrected chi connectivity index (χ4v) is 5.41. The Balaban J connectivity index is 1.69. The molecule has 1 fully saturated rings. The minimum atomic E-state index is -3.96. The van der Waals surface area contributed by atoms with Gasteiger partial charge < -0.3 is 14.5 Å². The van der Waals surface area contributed by atoms with E-state index < -0.39 is 16.0 Å². The van der Waals surface area contributed by atoms with Crippen molar-refractivity contribution in [2.75, 3.05) is 20.3 Å². The van der Waals surface area contributed by atoms with Crippen molar-refractivity contribution >= 4 is 26.9 Å². The standard InChI is InChI=1S/C24H26N2O6S/c1-16-5-6-18-13-19(23(27)25-22(18)12-16)14-26(15-20-4-3-11-32-20)33(29,30)21-9-7-17(8-10-21)24(28)31-2/h5-10,12-13,20H,3-4,11,14-15H2,1-2H3,(H,25,27). The summed E-state index contributed by atoms with van der Waals surface area (Å²) in [7, 11) is -2.70. The van der Waals surface area contributed by atoms with E-state index in [9.17, 15) is 18.0 Å². The summed E-state index contributed by atoms with van der Waals surface area (Å²) < 4.78 is 38.7. The lowest BCUT2D eigenvalue weighted by Crippen LogP contribution is -2.38. The van der Waals surface area contributed by atoms with Crippen molar-refractivity contribution in [3.63, 3.8) is 0 Å². The molecule has 33 heavy (non-hydrogen) atoms. The molecule has 1 aliphatic rings. The molecule has 2 heterocycles. The maximum atomic E-state index is 13.5. The van der Waals surface area contributed by atoms with Gasteiger partial charge in [0.2, 0.25) is 10.0 Å². The third kappa shape index (κ3) is 5.00. The number of benzene rings is 2. The Bertz CT molecular complexity index is 1330. The molecule has 174 valence electrons. The molecule has 8 nitrogen and oxygen atoms in total. The molecule has 1 N–H and O–H groups in total. The topological polar surface area (TPSA) is 106 Å². The number of pyridine rings is 1. The van der Waals surface area contributed by atoms with E-state index in [-0.39, 0.29) is 35.2 Å². The fraction of sp³-hybridized carbons (Fsp3) is 0.333. The average molecular weight is 471 g/mol. The van der Waals surface area contributed by atoms with Crippen molar-refractivity contribution in [2.24, 2.45) is 0 Å². The molecule has 1 atom stereocenters. The molecule has 9 heteroatoms. The number of aryl methyl sites for hydroxylation is 1. The van der Waals surface area contributed by atoms with Crippen molar-refractivity contribution in [1.82, 2.24) is 9.29 Å². The van der Waals surface area contributed by atoms with Crippen molar-refractivity contribution < 1.29 is 22.7 Å². The van der Waals surface area contributed by atoms with Crippen LogP contribution in [0.2, 0.25) is 0 Å². The van der Waals surface area contributed by atoms with Gasteiger partial charge in [-0.15, -0.1) is 0 Å². The predicted molar refractivity (Wildman–Crippen MR) is 124 cm³/mol. The highest BCUT2D eigenvalue weighted by molar-refractivity contribution is 7.89. The Kier molecular flexibility index (Phi) is 6.64. The Labute approximate surface area is 192 Å². The number of sulfonamides is 1. The lowest BCUT2D eigenvalue weighted by molar-refractivity contribution is 0.0600. The van der Waals surface area contributed by atoms with Crippen LogP contribution in [0, 0.1) is 6.92 Å². The van der Waals surface area contributed by atoms with E-state index in [2.05, 4.69) is 9.72 Å². The molecule has 2 aromatic carbocycles. The van der Waals surface area contributed by atoms with Crippen LogP contribution in [0.25, 0.3) is 10.9 Å². The second-order valence-electron chi connectivity index (χ2n) is 8.16. The first kappa shape index (κ1) is 23.2. The third-order valence-corrected chi connectivity index (χ3v) is 7.60. The zero-order chi connectivity index (χ0) is 23.6. The van der Waals surface area contributed by atoms with Crippen LogP contribution in [-0.2, 0) is 26.0 Å². The molecule has 0 spiro atoms. The van der Waals surface area contributed by atoms with Crippen LogP contribution < -0.4 is 5.56 Å². The summed E-state index contributed by atoms with van der Waals surface area (Å²) in [6.07, 6.45) is 1.37. The minimum absolute atomic E-state index is 0.0287. The van der Waals surface area contributed by atoms with Gasteiger partial charge in [-0.1, -0.05) is 12.1 Å². The van der Waals surface area contributed by atoms with E-state index >= 15 is 0 Å². The Morgan fingerprint density at radius 1 is 1.18 bits per heavy atom. The highest BCUT2D eigenvalue weighted by Crippen LogP contribution is 2.23. The molecule has 1 saturated heterocycles. The summed E-state index contributed by atoms with van der Waals surface area (Å²) in [5, 5.41) is 0.826. The molecule has 0 amide bonds. The smallest absolute Gasteiger partial charge is 0.337 e. The second kappa shape index (κ2) is 9.46. The number of aromatic amines is 1. The number of hydrogen-bond acceptors (Lipinski definition) is 6. The van der Waals surface area contributed by atoms with Crippen LogP contribution in [0.5, 0.6) is 0 Å². The largest absolute Gasteiger partial charge is 0.465 e. The first-order valence-corrected chi connectivity index (χ1v) is 12.1.